The van der Waals surface area contributed by atoms with Gasteiger partial charge in [-0.05, 0) is 60.7 Å². The normalized spacial score (nSPS) is 11.3. The van der Waals surface area contributed by atoms with Crippen molar-refractivity contribution in [2.75, 3.05) is 19.0 Å². The van der Waals surface area contributed by atoms with E-state index >= 15 is 0 Å². The van der Waals surface area contributed by atoms with Crippen LogP contribution in [-0.4, -0.2) is 35.5 Å². The van der Waals surface area contributed by atoms with Crippen LogP contribution in [0.2, 0.25) is 0 Å². The van der Waals surface area contributed by atoms with E-state index in [4.69, 9.17) is 18.9 Å². The Hall–Kier alpha value is -5.22. The molecule has 1 N–H and O–H groups in total. The maximum Gasteiger partial charge on any atom is 0.282 e. The molecule has 0 aliphatic carbocycles. The molecule has 9 nitrogen and oxygen atoms in total. The molecule has 0 aliphatic heterocycles. The summed E-state index contributed by atoms with van der Waals surface area (Å²) >= 11 is 3.48. The summed E-state index contributed by atoms with van der Waals surface area (Å²) in [6, 6.07) is 28.8. The summed E-state index contributed by atoms with van der Waals surface area (Å²) in [4.78, 5) is 31.0. The molecule has 0 spiro atoms. The van der Waals surface area contributed by atoms with Gasteiger partial charge in [0.1, 0.15) is 5.58 Å². The fraction of sp³-hybridized carbons (Fsp3) is 0.0625. The average Bonchev–Trinajstić information content (AvgIpc) is 3.43. The van der Waals surface area contributed by atoms with Crippen molar-refractivity contribution in [2.45, 2.75) is 0 Å². The zero-order chi connectivity index (χ0) is 29.1. The minimum Gasteiger partial charge on any atom is -0.493 e. The van der Waals surface area contributed by atoms with Gasteiger partial charge in [-0.25, -0.2) is 4.98 Å². The predicted molar refractivity (Wildman–Crippen MR) is 165 cm³/mol. The number of hydrogen-bond acceptors (Lipinski definition) is 7. The fourth-order valence-corrected chi connectivity index (χ4v) is 4.82. The van der Waals surface area contributed by atoms with Crippen molar-refractivity contribution >= 4 is 55.6 Å². The van der Waals surface area contributed by atoms with Crippen molar-refractivity contribution in [3.05, 3.63) is 117 Å². The molecule has 0 bridgehead atoms. The standard InChI is InChI=1S/C32H23BrN4O5/c1-40-27-13-7-8-20(30(27)41-19-29(38)35-23-9-3-2-4-10-23)18-34-37-31(36-25-12-6-5-11-24(25)32(37)39)28-17-21-16-22(33)14-15-26(21)42-28/h2-18H,19H2,1H3,(H,35,38). The number of ether oxygens (including phenoxy) is 2. The number of furan rings is 1. The SMILES string of the molecule is COc1cccc(C=Nn2c(-c3cc4cc(Br)ccc4o3)nc3ccccc3c2=O)c1OCC(=O)Nc1ccccc1. The van der Waals surface area contributed by atoms with Gasteiger partial charge >= 0.3 is 0 Å². The van der Waals surface area contributed by atoms with E-state index in [0.29, 0.717) is 45.0 Å². The Morgan fingerprint density at radius 3 is 2.67 bits per heavy atom. The highest BCUT2D eigenvalue weighted by atomic mass is 79.9. The lowest BCUT2D eigenvalue weighted by atomic mass is 10.2. The summed E-state index contributed by atoms with van der Waals surface area (Å²) in [7, 11) is 1.50. The second-order valence-corrected chi connectivity index (χ2v) is 10.1. The second-order valence-electron chi connectivity index (χ2n) is 9.19. The van der Waals surface area contributed by atoms with E-state index in [1.807, 2.05) is 48.5 Å². The predicted octanol–water partition coefficient (Wildman–Crippen LogP) is 6.48. The first-order valence-electron chi connectivity index (χ1n) is 12.9. The zero-order valence-electron chi connectivity index (χ0n) is 22.3. The lowest BCUT2D eigenvalue weighted by Gasteiger charge is -2.13. The van der Waals surface area contributed by atoms with Gasteiger partial charge in [-0.2, -0.15) is 9.78 Å². The van der Waals surface area contributed by atoms with Crippen LogP contribution in [0.5, 0.6) is 11.5 Å². The maximum absolute atomic E-state index is 13.7. The number of nitrogens with one attached hydrogen (secondary N) is 1. The zero-order valence-corrected chi connectivity index (χ0v) is 23.9. The monoisotopic (exact) mass is 622 g/mol. The van der Waals surface area contributed by atoms with Crippen LogP contribution in [0.15, 0.2) is 116 Å². The second kappa shape index (κ2) is 11.7. The number of halogens is 1. The van der Waals surface area contributed by atoms with Crippen LogP contribution in [0, 0.1) is 0 Å². The molecule has 6 rings (SSSR count). The summed E-state index contributed by atoms with van der Waals surface area (Å²) in [6.45, 7) is -0.270. The number of fused-ring (bicyclic) bond motifs is 2. The van der Waals surface area contributed by atoms with Gasteiger partial charge in [0.05, 0.1) is 24.2 Å². The fourth-order valence-electron chi connectivity index (χ4n) is 4.44. The van der Waals surface area contributed by atoms with E-state index in [1.165, 1.54) is 18.0 Å². The molecule has 0 radical (unpaired) electrons. The topological polar surface area (TPSA) is 108 Å². The van der Waals surface area contributed by atoms with Crippen molar-refractivity contribution < 1.29 is 18.7 Å². The first kappa shape index (κ1) is 27.0. The van der Waals surface area contributed by atoms with E-state index in [9.17, 15) is 9.59 Å². The largest absolute Gasteiger partial charge is 0.493 e. The number of carbonyl (C=O) groups is 1. The van der Waals surface area contributed by atoms with E-state index < -0.39 is 0 Å². The highest BCUT2D eigenvalue weighted by Gasteiger charge is 2.18. The van der Waals surface area contributed by atoms with E-state index in [-0.39, 0.29) is 23.9 Å². The number of rotatable bonds is 8. The van der Waals surface area contributed by atoms with Gasteiger partial charge in [0.15, 0.2) is 23.9 Å². The Morgan fingerprint density at radius 2 is 1.83 bits per heavy atom. The molecule has 6 aromatic rings. The maximum atomic E-state index is 13.7. The summed E-state index contributed by atoms with van der Waals surface area (Å²) in [6.07, 6.45) is 1.47. The molecule has 10 heteroatoms. The van der Waals surface area contributed by atoms with Gasteiger partial charge in [0, 0.05) is 21.1 Å². The number of aromatic nitrogens is 2. The lowest BCUT2D eigenvalue weighted by Crippen LogP contribution is -2.21. The molecule has 0 fully saturated rings. The molecule has 2 aromatic heterocycles. The number of carbonyl (C=O) groups excluding carboxylic acids is 1. The number of amides is 1. The third kappa shape index (κ3) is 5.52. The van der Waals surface area contributed by atoms with Crippen LogP contribution in [0.1, 0.15) is 5.56 Å². The number of methoxy groups -OCH3 is 1. The molecular weight excluding hydrogens is 600 g/mol. The summed E-state index contributed by atoms with van der Waals surface area (Å²) < 4.78 is 19.5. The van der Waals surface area contributed by atoms with Gasteiger partial charge in [-0.15, -0.1) is 0 Å². The van der Waals surface area contributed by atoms with Crippen LogP contribution >= 0.6 is 15.9 Å². The van der Waals surface area contributed by atoms with Gasteiger partial charge in [-0.3, -0.25) is 9.59 Å². The Balaban J connectivity index is 1.39. The quantitative estimate of drug-likeness (QED) is 0.195. The molecule has 42 heavy (non-hydrogen) atoms. The van der Waals surface area contributed by atoms with Crippen LogP contribution in [-0.2, 0) is 4.79 Å². The number of hydrogen-bond donors (Lipinski definition) is 1. The lowest BCUT2D eigenvalue weighted by molar-refractivity contribution is -0.118. The Bertz CT molecular complexity index is 2020. The molecule has 2 heterocycles. The number of anilines is 1. The molecule has 0 saturated heterocycles. The molecule has 0 aliphatic rings. The van der Waals surface area contributed by atoms with Gasteiger partial charge in [0.25, 0.3) is 11.5 Å². The minimum atomic E-state index is -0.374. The number of para-hydroxylation sites is 3. The molecule has 0 atom stereocenters. The molecular formula is C32H23BrN4O5. The first-order valence-corrected chi connectivity index (χ1v) is 13.7. The van der Waals surface area contributed by atoms with Crippen molar-refractivity contribution in [2.24, 2.45) is 5.10 Å². The van der Waals surface area contributed by atoms with Gasteiger partial charge < -0.3 is 19.2 Å². The highest BCUT2D eigenvalue weighted by Crippen LogP contribution is 2.31. The van der Waals surface area contributed by atoms with Crippen molar-refractivity contribution in [1.29, 1.82) is 0 Å². The summed E-state index contributed by atoms with van der Waals surface area (Å²) in [5, 5.41) is 8.56. The van der Waals surface area contributed by atoms with Gasteiger partial charge in [0.2, 0.25) is 5.82 Å². The van der Waals surface area contributed by atoms with E-state index in [2.05, 4.69) is 26.3 Å². The van der Waals surface area contributed by atoms with Crippen LogP contribution in [0.25, 0.3) is 33.5 Å². The molecule has 0 unspecified atom stereocenters. The van der Waals surface area contributed by atoms with E-state index in [1.54, 1.807) is 48.5 Å². The highest BCUT2D eigenvalue weighted by molar-refractivity contribution is 9.10. The van der Waals surface area contributed by atoms with Crippen LogP contribution in [0.3, 0.4) is 0 Å². The summed E-state index contributed by atoms with van der Waals surface area (Å²) in [5.41, 5.74) is 1.92. The minimum absolute atomic E-state index is 0.231. The first-order chi connectivity index (χ1) is 20.5. The van der Waals surface area contributed by atoms with Crippen LogP contribution < -0.4 is 20.3 Å². The Kier molecular flexibility index (Phi) is 7.52. The van der Waals surface area contributed by atoms with Crippen molar-refractivity contribution in [3.8, 4) is 23.1 Å². The van der Waals surface area contributed by atoms with Gasteiger partial charge in [-0.1, -0.05) is 52.3 Å². The Labute approximate surface area is 248 Å². The molecule has 4 aromatic carbocycles. The third-order valence-electron chi connectivity index (χ3n) is 6.40. The van der Waals surface area contributed by atoms with Crippen LogP contribution in [0.4, 0.5) is 5.69 Å². The van der Waals surface area contributed by atoms with E-state index in [0.717, 1.165) is 9.86 Å². The van der Waals surface area contributed by atoms with Crippen molar-refractivity contribution in [3.63, 3.8) is 0 Å². The molecule has 208 valence electrons. The third-order valence-corrected chi connectivity index (χ3v) is 6.89. The number of benzene rings is 4. The molecule has 0 saturated carbocycles. The smallest absolute Gasteiger partial charge is 0.282 e. The van der Waals surface area contributed by atoms with Crippen molar-refractivity contribution in [1.82, 2.24) is 9.66 Å². The average molecular weight is 623 g/mol. The number of nitrogens with zero attached hydrogens (tertiary/aromatic N) is 3. The Morgan fingerprint density at radius 1 is 1.02 bits per heavy atom. The molecule has 1 amide bonds. The summed E-state index contributed by atoms with van der Waals surface area (Å²) in [5.74, 6) is 0.962.